The van der Waals surface area contributed by atoms with E-state index in [1.165, 1.54) is 6.42 Å². The Morgan fingerprint density at radius 1 is 1.39 bits per heavy atom. The smallest absolute Gasteiger partial charge is 0.282 e. The van der Waals surface area contributed by atoms with E-state index < -0.39 is 0 Å². The van der Waals surface area contributed by atoms with Gasteiger partial charge in [-0.3, -0.25) is 4.79 Å². The van der Waals surface area contributed by atoms with Crippen LogP contribution in [0.25, 0.3) is 0 Å². The Morgan fingerprint density at radius 3 is 2.67 bits per heavy atom. The molecule has 1 saturated carbocycles. The number of rotatable bonds is 4. The second-order valence-electron chi connectivity index (χ2n) is 4.76. The lowest BCUT2D eigenvalue weighted by molar-refractivity contribution is 0.0717. The molecule has 1 aromatic rings. The number of nitrogens with one attached hydrogen (secondary N) is 1. The van der Waals surface area contributed by atoms with Crippen LogP contribution in [0.1, 0.15) is 41.9 Å². The maximum absolute atomic E-state index is 11.8. The highest BCUT2D eigenvalue weighted by Gasteiger charge is 2.32. The molecule has 2 N–H and O–H groups in total. The first-order valence-corrected chi connectivity index (χ1v) is 7.23. The van der Waals surface area contributed by atoms with E-state index in [0.29, 0.717) is 6.54 Å². The van der Waals surface area contributed by atoms with E-state index in [0.717, 1.165) is 37.0 Å². The van der Waals surface area contributed by atoms with Crippen LogP contribution in [0.4, 0.5) is 0 Å². The molecular weight excluding hydrogens is 274 g/mol. The van der Waals surface area contributed by atoms with Crippen LogP contribution in [0, 0.1) is 5.41 Å². The van der Waals surface area contributed by atoms with Crippen LogP contribution < -0.4 is 5.32 Å². The summed E-state index contributed by atoms with van der Waals surface area (Å²) in [5.41, 5.74) is -0.164. The van der Waals surface area contributed by atoms with E-state index in [-0.39, 0.29) is 27.4 Å². The molecule has 100 valence electrons. The molecule has 0 atom stereocenters. The molecule has 0 bridgehead atoms. The number of aromatic nitrogens is 2. The zero-order chi connectivity index (χ0) is 13.0. The summed E-state index contributed by atoms with van der Waals surface area (Å²) in [5, 5.41) is 19.9. The number of amides is 1. The number of hydrogen-bond acceptors (Lipinski definition) is 5. The second-order valence-corrected chi connectivity index (χ2v) is 6.32. The van der Waals surface area contributed by atoms with Gasteiger partial charge in [0.05, 0.1) is 6.61 Å². The average Bonchev–Trinajstić information content (AvgIpc) is 2.84. The van der Waals surface area contributed by atoms with Crippen molar-refractivity contribution >= 4 is 28.8 Å². The Labute approximate surface area is 115 Å². The van der Waals surface area contributed by atoms with E-state index in [4.69, 9.17) is 11.6 Å². The zero-order valence-electron chi connectivity index (χ0n) is 9.99. The lowest BCUT2D eigenvalue weighted by Gasteiger charge is -2.35. The van der Waals surface area contributed by atoms with Crippen molar-refractivity contribution in [3.63, 3.8) is 0 Å². The predicted octanol–water partition coefficient (Wildman–Crippen LogP) is 1.86. The van der Waals surface area contributed by atoms with Gasteiger partial charge in [-0.1, -0.05) is 30.6 Å². The molecule has 18 heavy (non-hydrogen) atoms. The fraction of sp³-hybridized carbons (Fsp3) is 0.727. The second kappa shape index (κ2) is 5.95. The molecule has 2 rings (SSSR count). The summed E-state index contributed by atoms with van der Waals surface area (Å²) in [4.78, 5) is 11.8. The van der Waals surface area contributed by atoms with Gasteiger partial charge in [0.25, 0.3) is 5.91 Å². The molecule has 0 unspecified atom stereocenters. The molecule has 0 saturated heterocycles. The van der Waals surface area contributed by atoms with Crippen molar-refractivity contribution < 1.29 is 9.90 Å². The van der Waals surface area contributed by atoms with Crippen molar-refractivity contribution in [3.8, 4) is 0 Å². The van der Waals surface area contributed by atoms with Crippen LogP contribution in [0.2, 0.25) is 4.47 Å². The first kappa shape index (κ1) is 13.7. The molecule has 0 aromatic carbocycles. The monoisotopic (exact) mass is 289 g/mol. The van der Waals surface area contributed by atoms with E-state index in [2.05, 4.69) is 15.5 Å². The van der Waals surface area contributed by atoms with Gasteiger partial charge >= 0.3 is 0 Å². The molecule has 1 aromatic heterocycles. The third-order valence-corrected chi connectivity index (χ3v) is 4.49. The maximum atomic E-state index is 11.8. The molecule has 1 heterocycles. The Balaban J connectivity index is 1.91. The van der Waals surface area contributed by atoms with Gasteiger partial charge in [-0.2, -0.15) is 0 Å². The van der Waals surface area contributed by atoms with E-state index in [1.807, 2.05) is 0 Å². The normalized spacial score (nSPS) is 18.6. The molecule has 1 aliphatic carbocycles. The Morgan fingerprint density at radius 2 is 2.11 bits per heavy atom. The van der Waals surface area contributed by atoms with E-state index in [1.54, 1.807) is 0 Å². The summed E-state index contributed by atoms with van der Waals surface area (Å²) in [6.45, 7) is 0.601. The number of aliphatic hydroxyl groups is 1. The predicted molar refractivity (Wildman–Crippen MR) is 69.9 cm³/mol. The largest absolute Gasteiger partial charge is 0.396 e. The van der Waals surface area contributed by atoms with Gasteiger partial charge in [0.2, 0.25) is 9.47 Å². The standard InChI is InChI=1S/C11H16ClN3O2S/c12-10-15-14-9(18-10)8(17)13-6-11(7-16)4-2-1-3-5-11/h16H,1-7H2,(H,13,17). The van der Waals surface area contributed by atoms with Crippen LogP contribution in [0.5, 0.6) is 0 Å². The summed E-state index contributed by atoms with van der Waals surface area (Å²) in [5.74, 6) is -0.266. The van der Waals surface area contributed by atoms with Crippen molar-refractivity contribution in [1.29, 1.82) is 0 Å². The number of carbonyl (C=O) groups excluding carboxylic acids is 1. The molecule has 0 spiro atoms. The molecule has 1 amide bonds. The zero-order valence-corrected chi connectivity index (χ0v) is 11.6. The minimum atomic E-state index is -0.266. The first-order chi connectivity index (χ1) is 8.65. The van der Waals surface area contributed by atoms with Crippen molar-refractivity contribution in [3.05, 3.63) is 9.47 Å². The van der Waals surface area contributed by atoms with Crippen LogP contribution in [0.3, 0.4) is 0 Å². The van der Waals surface area contributed by atoms with Gasteiger partial charge in [0, 0.05) is 12.0 Å². The Hall–Kier alpha value is -0.720. The quantitative estimate of drug-likeness (QED) is 0.887. The molecule has 7 heteroatoms. The number of halogens is 1. The van der Waals surface area contributed by atoms with Gasteiger partial charge in [-0.05, 0) is 24.4 Å². The van der Waals surface area contributed by atoms with E-state index >= 15 is 0 Å². The molecular formula is C11H16ClN3O2S. The third kappa shape index (κ3) is 3.18. The highest BCUT2D eigenvalue weighted by molar-refractivity contribution is 7.17. The van der Waals surface area contributed by atoms with Crippen molar-refractivity contribution in [2.45, 2.75) is 32.1 Å². The topological polar surface area (TPSA) is 75.1 Å². The SMILES string of the molecule is O=C(NCC1(CO)CCCCC1)c1nnc(Cl)s1. The molecule has 1 aliphatic rings. The van der Waals surface area contributed by atoms with Crippen molar-refractivity contribution in [2.24, 2.45) is 5.41 Å². The minimum absolute atomic E-state index is 0.115. The third-order valence-electron chi connectivity index (χ3n) is 3.47. The Kier molecular flexibility index (Phi) is 4.53. The minimum Gasteiger partial charge on any atom is -0.396 e. The van der Waals surface area contributed by atoms with Crippen LogP contribution in [0.15, 0.2) is 0 Å². The van der Waals surface area contributed by atoms with E-state index in [9.17, 15) is 9.90 Å². The lowest BCUT2D eigenvalue weighted by Crippen LogP contribution is -2.41. The summed E-state index contributed by atoms with van der Waals surface area (Å²) in [6, 6.07) is 0. The fourth-order valence-corrected chi connectivity index (χ4v) is 3.08. The van der Waals surface area contributed by atoms with Crippen LogP contribution >= 0.6 is 22.9 Å². The molecule has 0 radical (unpaired) electrons. The summed E-state index contributed by atoms with van der Waals surface area (Å²) < 4.78 is 0.259. The number of carbonyl (C=O) groups is 1. The van der Waals surface area contributed by atoms with Crippen LogP contribution in [-0.2, 0) is 0 Å². The van der Waals surface area contributed by atoms with Crippen molar-refractivity contribution in [2.75, 3.05) is 13.2 Å². The van der Waals surface area contributed by atoms with Gasteiger partial charge in [0.15, 0.2) is 0 Å². The first-order valence-electron chi connectivity index (χ1n) is 6.03. The van der Waals surface area contributed by atoms with Gasteiger partial charge in [0.1, 0.15) is 0 Å². The Bertz CT molecular complexity index is 418. The summed E-state index contributed by atoms with van der Waals surface area (Å²) in [7, 11) is 0. The lowest BCUT2D eigenvalue weighted by atomic mass is 9.74. The fourth-order valence-electron chi connectivity index (χ4n) is 2.33. The van der Waals surface area contributed by atoms with Gasteiger partial charge in [-0.15, -0.1) is 10.2 Å². The summed E-state index contributed by atoms with van der Waals surface area (Å²) in [6.07, 6.45) is 5.35. The number of hydrogen-bond donors (Lipinski definition) is 2. The molecule has 1 fully saturated rings. The van der Waals surface area contributed by atoms with Gasteiger partial charge in [-0.25, -0.2) is 0 Å². The molecule has 0 aliphatic heterocycles. The van der Waals surface area contributed by atoms with Crippen molar-refractivity contribution in [1.82, 2.24) is 15.5 Å². The average molecular weight is 290 g/mol. The summed E-state index contributed by atoms with van der Waals surface area (Å²) >= 11 is 6.69. The molecule has 5 nitrogen and oxygen atoms in total. The van der Waals surface area contributed by atoms with Gasteiger partial charge < -0.3 is 10.4 Å². The van der Waals surface area contributed by atoms with Crippen LogP contribution in [-0.4, -0.2) is 34.4 Å². The number of aliphatic hydroxyl groups excluding tert-OH is 1. The highest BCUT2D eigenvalue weighted by atomic mass is 35.5. The number of nitrogens with zero attached hydrogens (tertiary/aromatic N) is 2. The maximum Gasteiger partial charge on any atom is 0.282 e. The highest BCUT2D eigenvalue weighted by Crippen LogP contribution is 2.35.